The first-order valence-corrected chi connectivity index (χ1v) is 6.54. The second-order valence-corrected chi connectivity index (χ2v) is 4.84. The minimum absolute atomic E-state index is 0.246. The van der Waals surface area contributed by atoms with E-state index in [1.165, 1.54) is 18.6 Å². The van der Waals surface area contributed by atoms with E-state index >= 15 is 0 Å². The number of hydrogen-bond acceptors (Lipinski definition) is 3. The predicted molar refractivity (Wildman–Crippen MR) is 68.4 cm³/mol. The van der Waals surface area contributed by atoms with Crippen LogP contribution in [0.2, 0.25) is 0 Å². The van der Waals surface area contributed by atoms with E-state index in [-0.39, 0.29) is 5.82 Å². The number of ether oxygens (including phenoxy) is 1. The molecule has 1 aliphatic heterocycles. The highest BCUT2D eigenvalue weighted by Crippen LogP contribution is 2.20. The number of fused-ring (bicyclic) bond motifs is 1. The monoisotopic (exact) mass is 261 g/mol. The standard InChI is InChI=1S/C14H16FN3O/c1-10-8-11(15)5-6-12(10)19-9-14-17-16-13-4-2-3-7-18(13)14/h5-6,8H,2-4,7,9H2,1H3. The molecule has 5 heteroatoms. The van der Waals surface area contributed by atoms with Crippen molar-refractivity contribution in [2.45, 2.75) is 39.3 Å². The van der Waals surface area contributed by atoms with Crippen LogP contribution in [0.15, 0.2) is 18.2 Å². The fraction of sp³-hybridized carbons (Fsp3) is 0.429. The number of benzene rings is 1. The lowest BCUT2D eigenvalue weighted by atomic mass is 10.2. The topological polar surface area (TPSA) is 39.9 Å². The van der Waals surface area contributed by atoms with Gasteiger partial charge in [0, 0.05) is 13.0 Å². The predicted octanol–water partition coefficient (Wildman–Crippen LogP) is 2.64. The third-order valence-corrected chi connectivity index (χ3v) is 3.43. The van der Waals surface area contributed by atoms with E-state index in [4.69, 9.17) is 4.74 Å². The summed E-state index contributed by atoms with van der Waals surface area (Å²) in [7, 11) is 0. The summed E-state index contributed by atoms with van der Waals surface area (Å²) in [5.74, 6) is 2.33. The van der Waals surface area contributed by atoms with Gasteiger partial charge in [-0.3, -0.25) is 0 Å². The van der Waals surface area contributed by atoms with E-state index in [0.717, 1.165) is 36.6 Å². The largest absolute Gasteiger partial charge is 0.485 e. The molecule has 0 aliphatic carbocycles. The fourth-order valence-electron chi connectivity index (χ4n) is 2.39. The molecule has 0 N–H and O–H groups in total. The lowest BCUT2D eigenvalue weighted by Gasteiger charge is -2.15. The van der Waals surface area contributed by atoms with Gasteiger partial charge in [0.25, 0.3) is 0 Å². The first kappa shape index (κ1) is 12.1. The van der Waals surface area contributed by atoms with E-state index in [1.807, 2.05) is 6.92 Å². The maximum Gasteiger partial charge on any atom is 0.171 e. The Bertz CT molecular complexity index is 594. The average Bonchev–Trinajstić information content (AvgIpc) is 2.81. The SMILES string of the molecule is Cc1cc(F)ccc1OCc1nnc2n1CCCC2. The second-order valence-electron chi connectivity index (χ2n) is 4.84. The van der Waals surface area contributed by atoms with Gasteiger partial charge in [-0.15, -0.1) is 10.2 Å². The minimum Gasteiger partial charge on any atom is -0.485 e. The Kier molecular flexibility index (Phi) is 3.19. The van der Waals surface area contributed by atoms with Crippen LogP contribution in [0, 0.1) is 12.7 Å². The second kappa shape index (κ2) is 4.99. The molecule has 0 spiro atoms. The van der Waals surface area contributed by atoms with E-state index in [0.29, 0.717) is 12.4 Å². The minimum atomic E-state index is -0.246. The number of hydrogen-bond donors (Lipinski definition) is 0. The van der Waals surface area contributed by atoms with Gasteiger partial charge in [0.05, 0.1) is 0 Å². The Morgan fingerprint density at radius 1 is 1.32 bits per heavy atom. The van der Waals surface area contributed by atoms with E-state index in [2.05, 4.69) is 14.8 Å². The number of halogens is 1. The Hall–Kier alpha value is -1.91. The number of nitrogens with zero attached hydrogens (tertiary/aromatic N) is 3. The molecule has 0 bridgehead atoms. The number of rotatable bonds is 3. The third-order valence-electron chi connectivity index (χ3n) is 3.43. The van der Waals surface area contributed by atoms with Crippen molar-refractivity contribution < 1.29 is 9.13 Å². The van der Waals surface area contributed by atoms with Crippen molar-refractivity contribution in [2.75, 3.05) is 0 Å². The summed E-state index contributed by atoms with van der Waals surface area (Å²) in [5.41, 5.74) is 0.790. The molecule has 1 aromatic carbocycles. The van der Waals surface area contributed by atoms with Crippen molar-refractivity contribution in [1.82, 2.24) is 14.8 Å². The Morgan fingerprint density at radius 3 is 3.05 bits per heavy atom. The van der Waals surface area contributed by atoms with Gasteiger partial charge >= 0.3 is 0 Å². The maximum absolute atomic E-state index is 13.0. The number of aromatic nitrogens is 3. The first-order valence-electron chi connectivity index (χ1n) is 6.54. The van der Waals surface area contributed by atoms with Gasteiger partial charge in [0.2, 0.25) is 0 Å². The van der Waals surface area contributed by atoms with Crippen molar-refractivity contribution in [3.05, 3.63) is 41.2 Å². The van der Waals surface area contributed by atoms with Crippen molar-refractivity contribution in [3.63, 3.8) is 0 Å². The normalized spacial score (nSPS) is 14.2. The van der Waals surface area contributed by atoms with Crippen LogP contribution in [-0.2, 0) is 19.6 Å². The van der Waals surface area contributed by atoms with E-state index in [1.54, 1.807) is 6.07 Å². The summed E-state index contributed by atoms with van der Waals surface area (Å²) in [4.78, 5) is 0. The molecule has 0 saturated carbocycles. The first-order chi connectivity index (χ1) is 9.24. The van der Waals surface area contributed by atoms with Gasteiger partial charge in [-0.2, -0.15) is 0 Å². The Labute approximate surface area is 111 Å². The van der Waals surface area contributed by atoms with Gasteiger partial charge < -0.3 is 9.30 Å². The molecule has 0 atom stereocenters. The molecule has 0 amide bonds. The summed E-state index contributed by atoms with van der Waals surface area (Å²) >= 11 is 0. The van der Waals surface area contributed by atoms with Crippen molar-refractivity contribution in [3.8, 4) is 5.75 Å². The molecule has 1 aliphatic rings. The lowest BCUT2D eigenvalue weighted by molar-refractivity contribution is 0.284. The van der Waals surface area contributed by atoms with Crippen molar-refractivity contribution in [1.29, 1.82) is 0 Å². The van der Waals surface area contributed by atoms with Crippen molar-refractivity contribution in [2.24, 2.45) is 0 Å². The summed E-state index contributed by atoms with van der Waals surface area (Å²) < 4.78 is 20.8. The van der Waals surface area contributed by atoms with Crippen LogP contribution < -0.4 is 4.74 Å². The summed E-state index contributed by atoms with van der Waals surface area (Å²) in [6.07, 6.45) is 3.33. The fourth-order valence-corrected chi connectivity index (χ4v) is 2.39. The molecule has 1 aromatic heterocycles. The average molecular weight is 261 g/mol. The molecule has 2 aromatic rings. The van der Waals surface area contributed by atoms with Crippen LogP contribution >= 0.6 is 0 Å². The highest BCUT2D eigenvalue weighted by molar-refractivity contribution is 5.32. The van der Waals surface area contributed by atoms with Crippen LogP contribution in [0.3, 0.4) is 0 Å². The molecule has 2 heterocycles. The zero-order valence-electron chi connectivity index (χ0n) is 10.9. The molecule has 0 fully saturated rings. The van der Waals surface area contributed by atoms with Gasteiger partial charge in [0.15, 0.2) is 5.82 Å². The maximum atomic E-state index is 13.0. The van der Waals surface area contributed by atoms with E-state index in [9.17, 15) is 4.39 Å². The molecule has 0 unspecified atom stereocenters. The molecular weight excluding hydrogens is 245 g/mol. The van der Waals surface area contributed by atoms with Crippen LogP contribution in [0.1, 0.15) is 30.1 Å². The van der Waals surface area contributed by atoms with Crippen LogP contribution in [-0.4, -0.2) is 14.8 Å². The van der Waals surface area contributed by atoms with Gasteiger partial charge in [-0.25, -0.2) is 4.39 Å². The zero-order valence-corrected chi connectivity index (χ0v) is 10.9. The molecule has 19 heavy (non-hydrogen) atoms. The summed E-state index contributed by atoms with van der Waals surface area (Å²) in [5, 5.41) is 8.35. The van der Waals surface area contributed by atoms with Crippen molar-refractivity contribution >= 4 is 0 Å². The molecule has 3 rings (SSSR count). The molecule has 4 nitrogen and oxygen atoms in total. The smallest absolute Gasteiger partial charge is 0.171 e. The summed E-state index contributed by atoms with van der Waals surface area (Å²) in [6, 6.07) is 4.52. The van der Waals surface area contributed by atoms with Crippen LogP contribution in [0.5, 0.6) is 5.75 Å². The van der Waals surface area contributed by atoms with Gasteiger partial charge in [0.1, 0.15) is 24.0 Å². The molecule has 0 radical (unpaired) electrons. The third kappa shape index (κ3) is 2.45. The summed E-state index contributed by atoms with van der Waals surface area (Å²) in [6.45, 7) is 3.17. The number of aryl methyl sites for hydroxylation is 2. The van der Waals surface area contributed by atoms with Gasteiger partial charge in [-0.05, 0) is 43.5 Å². The Balaban J connectivity index is 1.74. The van der Waals surface area contributed by atoms with E-state index < -0.39 is 0 Å². The van der Waals surface area contributed by atoms with Gasteiger partial charge in [-0.1, -0.05) is 0 Å². The Morgan fingerprint density at radius 2 is 2.21 bits per heavy atom. The zero-order chi connectivity index (χ0) is 13.2. The van der Waals surface area contributed by atoms with Crippen LogP contribution in [0.25, 0.3) is 0 Å². The lowest BCUT2D eigenvalue weighted by Crippen LogP contribution is -2.14. The molecule has 0 saturated heterocycles. The quantitative estimate of drug-likeness (QED) is 0.852. The molecule has 100 valence electrons. The van der Waals surface area contributed by atoms with Crippen LogP contribution in [0.4, 0.5) is 4.39 Å². The molecular formula is C14H16FN3O. The highest BCUT2D eigenvalue weighted by atomic mass is 19.1. The highest BCUT2D eigenvalue weighted by Gasteiger charge is 2.16.